The average Bonchev–Trinajstić information content (AvgIpc) is 3.74. The fourth-order valence-electron chi connectivity index (χ4n) is 6.08. The van der Waals surface area contributed by atoms with Gasteiger partial charge in [0, 0.05) is 57.7 Å². The monoisotopic (exact) mass is 670 g/mol. The van der Waals surface area contributed by atoms with Crippen LogP contribution in [-0.2, 0) is 57.1 Å². The molecule has 0 unspecified atom stereocenters. The van der Waals surface area contributed by atoms with E-state index < -0.39 is 43.9 Å². The largest absolute Gasteiger partial charge is 0.511 e. The van der Waals surface area contributed by atoms with Gasteiger partial charge in [-0.1, -0.05) is 0 Å². The fourth-order valence-corrected chi connectivity index (χ4v) is 6.08. The van der Waals surface area contributed by atoms with Gasteiger partial charge < -0.3 is 47.7 Å². The van der Waals surface area contributed by atoms with Crippen LogP contribution in [0.3, 0.4) is 0 Å². The van der Waals surface area contributed by atoms with Gasteiger partial charge in [-0.05, 0) is 38.5 Å². The highest BCUT2D eigenvalue weighted by Gasteiger charge is 2.35. The minimum absolute atomic E-state index is 0.0166. The molecule has 4 saturated heterocycles. The maximum atomic E-state index is 12.9. The van der Waals surface area contributed by atoms with Crippen LogP contribution in [0, 0.1) is 0 Å². The first-order valence-electron chi connectivity index (χ1n) is 16.5. The topological polar surface area (TPSA) is 183 Å². The standard InChI is InChI=1S/C31H46N2O14/c34-26(32-13-3-5-22(32)19-28(36)42-20-44-30(38)46-23-9-15-40-16-10-23)7-1-2-8-27(35)33-14-4-6-25(33)29(37)43-21-45-31(39)47-24-11-17-41-18-12-24/h22-25H,1-21H2/t22-,25-/m1/s1. The highest BCUT2D eigenvalue weighted by molar-refractivity contribution is 5.85. The Hall–Kier alpha value is -3.66. The van der Waals surface area contributed by atoms with Gasteiger partial charge in [0.15, 0.2) is 0 Å². The SMILES string of the molecule is O=C(C[C@H]1CCCN1C(=O)CCCCC(=O)N1CCC[C@@H]1C(=O)OCOC(=O)OC1CCOCC1)OCOC(=O)OC1CCOCC1. The number of unbranched alkanes of at least 4 members (excludes halogenated alkanes) is 1. The van der Waals surface area contributed by atoms with Crippen molar-refractivity contribution in [2.75, 3.05) is 53.1 Å². The van der Waals surface area contributed by atoms with Crippen molar-refractivity contribution in [3.63, 3.8) is 0 Å². The lowest BCUT2D eigenvalue weighted by molar-refractivity contribution is -0.162. The molecule has 4 rings (SSSR count). The lowest BCUT2D eigenvalue weighted by Crippen LogP contribution is -2.41. The molecule has 4 aliphatic heterocycles. The van der Waals surface area contributed by atoms with Crippen LogP contribution in [0.15, 0.2) is 0 Å². The molecule has 0 aromatic carbocycles. The van der Waals surface area contributed by atoms with E-state index in [0.717, 1.165) is 6.42 Å². The van der Waals surface area contributed by atoms with Crippen LogP contribution < -0.4 is 0 Å². The Bertz CT molecular complexity index is 1070. The maximum absolute atomic E-state index is 12.9. The Morgan fingerprint density at radius 2 is 1.11 bits per heavy atom. The van der Waals surface area contributed by atoms with Crippen molar-refractivity contribution in [1.82, 2.24) is 9.80 Å². The number of amides is 2. The quantitative estimate of drug-likeness (QED) is 0.114. The number of carbonyl (C=O) groups is 6. The molecule has 0 aromatic rings. The second-order valence-corrected chi connectivity index (χ2v) is 11.9. The number of carbonyl (C=O) groups excluding carboxylic acids is 6. The van der Waals surface area contributed by atoms with Gasteiger partial charge in [-0.25, -0.2) is 14.4 Å². The van der Waals surface area contributed by atoms with Gasteiger partial charge in [-0.3, -0.25) is 14.4 Å². The third-order valence-electron chi connectivity index (χ3n) is 8.61. The molecule has 4 fully saturated rings. The summed E-state index contributed by atoms with van der Waals surface area (Å²) in [4.78, 5) is 77.4. The predicted molar refractivity (Wildman–Crippen MR) is 157 cm³/mol. The van der Waals surface area contributed by atoms with Crippen molar-refractivity contribution in [2.24, 2.45) is 0 Å². The van der Waals surface area contributed by atoms with Crippen LogP contribution in [-0.4, -0.2) is 123 Å². The first-order chi connectivity index (χ1) is 22.8. The zero-order chi connectivity index (χ0) is 33.4. The van der Waals surface area contributed by atoms with E-state index in [-0.39, 0.29) is 49.3 Å². The third-order valence-corrected chi connectivity index (χ3v) is 8.61. The Labute approximate surface area is 273 Å². The second-order valence-electron chi connectivity index (χ2n) is 11.9. The Kier molecular flexibility index (Phi) is 14.8. The molecule has 2 amide bonds. The zero-order valence-corrected chi connectivity index (χ0v) is 26.8. The van der Waals surface area contributed by atoms with Crippen molar-refractivity contribution in [1.29, 1.82) is 0 Å². The summed E-state index contributed by atoms with van der Waals surface area (Å²) in [5, 5.41) is 0. The lowest BCUT2D eigenvalue weighted by Gasteiger charge is -2.25. The van der Waals surface area contributed by atoms with Gasteiger partial charge >= 0.3 is 24.2 Å². The number of hydrogen-bond acceptors (Lipinski definition) is 14. The van der Waals surface area contributed by atoms with E-state index in [2.05, 4.69) is 0 Å². The summed E-state index contributed by atoms with van der Waals surface area (Å²) in [7, 11) is 0. The summed E-state index contributed by atoms with van der Waals surface area (Å²) in [6.07, 6.45) is 3.69. The zero-order valence-electron chi connectivity index (χ0n) is 26.8. The van der Waals surface area contributed by atoms with E-state index in [1.165, 1.54) is 4.90 Å². The molecule has 0 bridgehead atoms. The van der Waals surface area contributed by atoms with E-state index in [0.29, 0.717) is 97.3 Å². The van der Waals surface area contributed by atoms with Gasteiger partial charge in [0.2, 0.25) is 25.4 Å². The summed E-state index contributed by atoms with van der Waals surface area (Å²) in [6, 6.07) is -1.07. The van der Waals surface area contributed by atoms with E-state index in [9.17, 15) is 28.8 Å². The number of hydrogen-bond donors (Lipinski definition) is 0. The summed E-state index contributed by atoms with van der Waals surface area (Å²) in [6.45, 7) is 1.80. The Morgan fingerprint density at radius 1 is 0.596 bits per heavy atom. The van der Waals surface area contributed by atoms with Gasteiger partial charge in [0.05, 0.1) is 32.8 Å². The number of rotatable bonds is 14. The van der Waals surface area contributed by atoms with Crippen LogP contribution in [0.4, 0.5) is 9.59 Å². The summed E-state index contributed by atoms with van der Waals surface area (Å²) in [5.41, 5.74) is 0. The Morgan fingerprint density at radius 3 is 1.70 bits per heavy atom. The molecule has 4 aliphatic rings. The van der Waals surface area contributed by atoms with Crippen molar-refractivity contribution < 1.29 is 66.7 Å². The number of nitrogens with zero attached hydrogens (tertiary/aromatic N) is 2. The summed E-state index contributed by atoms with van der Waals surface area (Å²) >= 11 is 0. The first kappa shape index (κ1) is 36.2. The molecule has 0 aromatic heterocycles. The molecular weight excluding hydrogens is 624 g/mol. The van der Waals surface area contributed by atoms with E-state index in [4.69, 9.17) is 37.9 Å². The minimum atomic E-state index is -0.923. The molecule has 0 spiro atoms. The molecule has 0 radical (unpaired) electrons. The highest BCUT2D eigenvalue weighted by atomic mass is 16.8. The van der Waals surface area contributed by atoms with Crippen LogP contribution in [0.1, 0.15) is 83.5 Å². The molecule has 0 saturated carbocycles. The minimum Gasteiger partial charge on any atom is -0.431 e. The van der Waals surface area contributed by atoms with Gasteiger partial charge in [-0.15, -0.1) is 0 Å². The van der Waals surface area contributed by atoms with Gasteiger partial charge in [-0.2, -0.15) is 0 Å². The van der Waals surface area contributed by atoms with Crippen molar-refractivity contribution in [3.8, 4) is 0 Å². The van der Waals surface area contributed by atoms with E-state index >= 15 is 0 Å². The molecule has 2 atom stereocenters. The van der Waals surface area contributed by atoms with Gasteiger partial charge in [0.25, 0.3) is 0 Å². The molecular formula is C31H46N2O14. The summed E-state index contributed by atoms with van der Waals surface area (Å²) in [5.74, 6) is -1.55. The lowest BCUT2D eigenvalue weighted by atomic mass is 10.1. The highest BCUT2D eigenvalue weighted by Crippen LogP contribution is 2.24. The number of likely N-dealkylation sites (tertiary alicyclic amines) is 2. The number of esters is 2. The molecule has 0 aliphatic carbocycles. The van der Waals surface area contributed by atoms with Crippen molar-refractivity contribution in [2.45, 2.75) is 108 Å². The van der Waals surface area contributed by atoms with Crippen LogP contribution in [0.2, 0.25) is 0 Å². The predicted octanol–water partition coefficient (Wildman–Crippen LogP) is 2.58. The second kappa shape index (κ2) is 19.2. The average molecular weight is 671 g/mol. The smallest absolute Gasteiger partial charge is 0.431 e. The molecule has 264 valence electrons. The summed E-state index contributed by atoms with van der Waals surface area (Å²) < 4.78 is 40.5. The van der Waals surface area contributed by atoms with Crippen molar-refractivity contribution >= 4 is 36.1 Å². The Balaban J connectivity index is 1.07. The fraction of sp³-hybridized carbons (Fsp3) is 0.806. The van der Waals surface area contributed by atoms with E-state index in [1.807, 2.05) is 0 Å². The molecule has 47 heavy (non-hydrogen) atoms. The van der Waals surface area contributed by atoms with Crippen LogP contribution >= 0.6 is 0 Å². The van der Waals surface area contributed by atoms with Crippen LogP contribution in [0.5, 0.6) is 0 Å². The molecule has 0 N–H and O–H groups in total. The maximum Gasteiger partial charge on any atom is 0.511 e. The number of ether oxygens (including phenoxy) is 8. The molecule has 4 heterocycles. The molecule has 16 heteroatoms. The first-order valence-corrected chi connectivity index (χ1v) is 16.5. The third kappa shape index (κ3) is 12.1. The van der Waals surface area contributed by atoms with Crippen molar-refractivity contribution in [3.05, 3.63) is 0 Å². The van der Waals surface area contributed by atoms with Gasteiger partial charge in [0.1, 0.15) is 18.2 Å². The normalized spacial score (nSPS) is 22.0. The van der Waals surface area contributed by atoms with E-state index in [1.54, 1.807) is 4.90 Å². The molecule has 16 nitrogen and oxygen atoms in total. The van der Waals surface area contributed by atoms with Crippen LogP contribution in [0.25, 0.3) is 0 Å².